The molecular formula is C27H28N6O3. The van der Waals surface area contributed by atoms with Crippen LogP contribution < -0.4 is 25.4 Å². The first-order valence-corrected chi connectivity index (χ1v) is 12.2. The summed E-state index contributed by atoms with van der Waals surface area (Å²) in [6.45, 7) is 5.68. The second kappa shape index (κ2) is 9.50. The Balaban J connectivity index is 1.42. The van der Waals surface area contributed by atoms with E-state index in [-0.39, 0.29) is 12.1 Å². The van der Waals surface area contributed by atoms with Gasteiger partial charge in [0.15, 0.2) is 0 Å². The Morgan fingerprint density at radius 2 is 1.94 bits per heavy atom. The molecule has 1 amide bonds. The minimum Gasteiger partial charge on any atom is -0.489 e. The Hall–Kier alpha value is -4.11. The molecule has 3 aliphatic heterocycles. The molecule has 1 aromatic heterocycles. The highest BCUT2D eigenvalue weighted by molar-refractivity contribution is 6.17. The average Bonchev–Trinajstić information content (AvgIpc) is 2.93. The van der Waals surface area contributed by atoms with Crippen molar-refractivity contribution in [3.8, 4) is 5.75 Å². The first-order chi connectivity index (χ1) is 17.7. The van der Waals surface area contributed by atoms with Crippen molar-refractivity contribution in [2.24, 2.45) is 4.99 Å². The zero-order chi connectivity index (χ0) is 24.5. The highest BCUT2D eigenvalue weighted by atomic mass is 16.5. The number of pyridine rings is 1. The summed E-state index contributed by atoms with van der Waals surface area (Å²) in [6, 6.07) is 13.8. The van der Waals surface area contributed by atoms with Gasteiger partial charge in [-0.1, -0.05) is 30.3 Å². The van der Waals surface area contributed by atoms with Crippen molar-refractivity contribution >= 4 is 40.0 Å². The molecular weight excluding hydrogens is 456 g/mol. The van der Waals surface area contributed by atoms with Gasteiger partial charge in [-0.25, -0.2) is 0 Å². The molecule has 4 heterocycles. The van der Waals surface area contributed by atoms with Gasteiger partial charge in [0.25, 0.3) is 5.91 Å². The van der Waals surface area contributed by atoms with Crippen LogP contribution in [0, 0.1) is 0 Å². The predicted molar refractivity (Wildman–Crippen MR) is 141 cm³/mol. The van der Waals surface area contributed by atoms with Crippen LogP contribution >= 0.6 is 0 Å². The second-order valence-electron chi connectivity index (χ2n) is 8.95. The van der Waals surface area contributed by atoms with E-state index in [0.29, 0.717) is 45.0 Å². The number of morpholine rings is 1. The fourth-order valence-corrected chi connectivity index (χ4v) is 4.83. The van der Waals surface area contributed by atoms with Gasteiger partial charge >= 0.3 is 0 Å². The molecule has 0 bridgehead atoms. The molecule has 36 heavy (non-hydrogen) atoms. The van der Waals surface area contributed by atoms with E-state index in [9.17, 15) is 4.79 Å². The van der Waals surface area contributed by atoms with Crippen molar-refractivity contribution in [3.05, 3.63) is 66.0 Å². The summed E-state index contributed by atoms with van der Waals surface area (Å²) < 4.78 is 11.4. The summed E-state index contributed by atoms with van der Waals surface area (Å²) in [4.78, 5) is 25.2. The monoisotopic (exact) mass is 484 g/mol. The highest BCUT2D eigenvalue weighted by Crippen LogP contribution is 2.35. The number of rotatable bonds is 4. The number of anilines is 2. The first kappa shape index (κ1) is 22.4. The summed E-state index contributed by atoms with van der Waals surface area (Å²) in [6.07, 6.45) is 5.58. The molecule has 9 heteroatoms. The number of amides is 1. The average molecular weight is 485 g/mol. The summed E-state index contributed by atoms with van der Waals surface area (Å²) >= 11 is 0. The standard InChI is InChI=1S/C27H28N6O3/c1-18-28-15-19(16-29-18)20-5-4-6-21-25(20)30-17-22(26(21)32-9-12-35-13-10-32)27(34)31-33-11-14-36-24-8-3-2-7-23(24)33/h2-8,15-18,28H,9-14H2,1H3,(H,31,34). The number of benzene rings is 2. The fraction of sp³-hybridized carbons (Fsp3) is 0.296. The number of carbonyl (C=O) groups is 1. The van der Waals surface area contributed by atoms with E-state index in [1.54, 1.807) is 6.20 Å². The topological polar surface area (TPSA) is 91.3 Å². The summed E-state index contributed by atoms with van der Waals surface area (Å²) in [7, 11) is 0. The molecule has 1 atom stereocenters. The molecule has 1 saturated heterocycles. The van der Waals surface area contributed by atoms with Gasteiger partial charge in [-0.15, -0.1) is 0 Å². The summed E-state index contributed by atoms with van der Waals surface area (Å²) in [5.74, 6) is 0.547. The first-order valence-electron chi connectivity index (χ1n) is 12.2. The van der Waals surface area contributed by atoms with E-state index in [1.807, 2.05) is 66.8 Å². The number of hydrogen-bond acceptors (Lipinski definition) is 8. The quantitative estimate of drug-likeness (QED) is 0.588. The number of allylic oxidation sites excluding steroid dienone is 1. The lowest BCUT2D eigenvalue weighted by Crippen LogP contribution is -2.47. The van der Waals surface area contributed by atoms with Gasteiger partial charge in [0.2, 0.25) is 0 Å². The van der Waals surface area contributed by atoms with E-state index < -0.39 is 0 Å². The fourth-order valence-electron chi connectivity index (χ4n) is 4.83. The maximum absolute atomic E-state index is 13.7. The van der Waals surface area contributed by atoms with E-state index in [4.69, 9.17) is 14.5 Å². The number of nitrogens with one attached hydrogen (secondary N) is 2. The smallest absolute Gasteiger partial charge is 0.273 e. The highest BCUT2D eigenvalue weighted by Gasteiger charge is 2.26. The lowest BCUT2D eigenvalue weighted by Gasteiger charge is -2.33. The molecule has 0 radical (unpaired) electrons. The maximum atomic E-state index is 13.7. The Morgan fingerprint density at radius 1 is 1.08 bits per heavy atom. The van der Waals surface area contributed by atoms with Gasteiger partial charge in [0, 0.05) is 48.2 Å². The number of aromatic nitrogens is 1. The van der Waals surface area contributed by atoms with Crippen LogP contribution in [0.2, 0.25) is 0 Å². The summed E-state index contributed by atoms with van der Waals surface area (Å²) in [5.41, 5.74) is 8.10. The minimum absolute atomic E-state index is 0.0428. The van der Waals surface area contributed by atoms with E-state index in [2.05, 4.69) is 20.6 Å². The van der Waals surface area contributed by atoms with E-state index >= 15 is 0 Å². The van der Waals surface area contributed by atoms with Crippen LogP contribution in [0.25, 0.3) is 16.5 Å². The van der Waals surface area contributed by atoms with Crippen LogP contribution in [0.1, 0.15) is 22.8 Å². The third kappa shape index (κ3) is 4.11. The zero-order valence-electron chi connectivity index (χ0n) is 20.1. The third-order valence-corrected chi connectivity index (χ3v) is 6.63. The number of fused-ring (bicyclic) bond motifs is 2. The molecule has 2 N–H and O–H groups in total. The molecule has 6 rings (SSSR count). The molecule has 1 unspecified atom stereocenters. The molecule has 3 aromatic rings. The number of ether oxygens (including phenoxy) is 2. The van der Waals surface area contributed by atoms with Gasteiger partial charge in [0.05, 0.1) is 42.2 Å². The van der Waals surface area contributed by atoms with E-state index in [0.717, 1.165) is 39.2 Å². The number of hydrogen-bond donors (Lipinski definition) is 2. The molecule has 3 aliphatic rings. The molecule has 0 aliphatic carbocycles. The van der Waals surface area contributed by atoms with Crippen molar-refractivity contribution in [2.75, 3.05) is 49.4 Å². The zero-order valence-corrected chi connectivity index (χ0v) is 20.1. The molecule has 9 nitrogen and oxygen atoms in total. The molecule has 0 spiro atoms. The molecule has 2 aromatic carbocycles. The molecule has 0 saturated carbocycles. The van der Waals surface area contributed by atoms with Gasteiger partial charge in [-0.05, 0) is 19.1 Å². The Bertz CT molecular complexity index is 1360. The molecule has 184 valence electrons. The molecule has 1 fully saturated rings. The van der Waals surface area contributed by atoms with Gasteiger partial charge in [-0.3, -0.25) is 25.2 Å². The summed E-state index contributed by atoms with van der Waals surface area (Å²) in [5, 5.41) is 6.04. The number of aliphatic imine (C=N–C) groups is 1. The third-order valence-electron chi connectivity index (χ3n) is 6.63. The van der Waals surface area contributed by atoms with Crippen LogP contribution in [0.4, 0.5) is 11.4 Å². The lowest BCUT2D eigenvalue weighted by atomic mass is 9.99. The normalized spacial score (nSPS) is 19.2. The number of para-hydroxylation sites is 3. The van der Waals surface area contributed by atoms with Crippen molar-refractivity contribution < 1.29 is 14.3 Å². The maximum Gasteiger partial charge on any atom is 0.273 e. The van der Waals surface area contributed by atoms with Crippen molar-refractivity contribution in [2.45, 2.75) is 13.1 Å². The minimum atomic E-state index is -0.207. The van der Waals surface area contributed by atoms with Crippen LogP contribution in [-0.2, 0) is 4.74 Å². The predicted octanol–water partition coefficient (Wildman–Crippen LogP) is 2.98. The van der Waals surface area contributed by atoms with Crippen LogP contribution in [0.15, 0.2) is 59.9 Å². The van der Waals surface area contributed by atoms with Crippen LogP contribution in [0.3, 0.4) is 0 Å². The van der Waals surface area contributed by atoms with Gasteiger partial charge in [0.1, 0.15) is 18.5 Å². The second-order valence-corrected chi connectivity index (χ2v) is 8.95. The number of hydrazine groups is 1. The van der Waals surface area contributed by atoms with Crippen LogP contribution in [-0.4, -0.2) is 62.7 Å². The van der Waals surface area contributed by atoms with Gasteiger partial charge in [-0.2, -0.15) is 0 Å². The van der Waals surface area contributed by atoms with Crippen molar-refractivity contribution in [1.29, 1.82) is 0 Å². The lowest BCUT2D eigenvalue weighted by molar-refractivity contribution is 0.0943. The Labute approximate surface area is 209 Å². The largest absolute Gasteiger partial charge is 0.489 e. The van der Waals surface area contributed by atoms with Crippen molar-refractivity contribution in [1.82, 2.24) is 15.7 Å². The number of carbonyl (C=O) groups excluding carboxylic acids is 1. The van der Waals surface area contributed by atoms with E-state index in [1.165, 1.54) is 0 Å². The number of nitrogens with zero attached hydrogens (tertiary/aromatic N) is 4. The van der Waals surface area contributed by atoms with Crippen molar-refractivity contribution in [3.63, 3.8) is 0 Å². The SMILES string of the molecule is CC1N=CC(c2cccc3c(N4CCOCC4)c(C(=O)NN4CCOc5ccccc54)cnc23)=CN1. The van der Waals surface area contributed by atoms with Gasteiger partial charge < -0.3 is 19.7 Å². The Morgan fingerprint density at radius 3 is 2.78 bits per heavy atom. The Kier molecular flexibility index (Phi) is 5.90. The van der Waals surface area contributed by atoms with Crippen LogP contribution in [0.5, 0.6) is 5.75 Å².